The van der Waals surface area contributed by atoms with Gasteiger partial charge >= 0.3 is 0 Å². The molecule has 8 aromatic carbocycles. The molecule has 0 aliphatic rings. The van der Waals surface area contributed by atoms with Gasteiger partial charge in [-0.1, -0.05) is 121 Å². The van der Waals surface area contributed by atoms with Crippen LogP contribution in [0, 0.1) is 6.92 Å². The Morgan fingerprint density at radius 2 is 0.843 bits per heavy atom. The highest BCUT2D eigenvalue weighted by Gasteiger charge is 2.18. The van der Waals surface area contributed by atoms with Gasteiger partial charge < -0.3 is 9.80 Å². The van der Waals surface area contributed by atoms with Crippen molar-refractivity contribution < 1.29 is 0 Å². The minimum absolute atomic E-state index is 0.963. The van der Waals surface area contributed by atoms with Crippen molar-refractivity contribution in [1.82, 2.24) is 4.98 Å². The summed E-state index contributed by atoms with van der Waals surface area (Å²) in [5.74, 6) is 0. The lowest BCUT2D eigenvalue weighted by Crippen LogP contribution is -2.10. The van der Waals surface area contributed by atoms with Gasteiger partial charge in [0.25, 0.3) is 0 Å². The summed E-state index contributed by atoms with van der Waals surface area (Å²) >= 11 is 0. The lowest BCUT2D eigenvalue weighted by molar-refractivity contribution is 1.29. The highest BCUT2D eigenvalue weighted by molar-refractivity contribution is 6.01. The molecule has 0 unspecified atom stereocenters. The second kappa shape index (κ2) is 13.0. The number of aryl methyl sites for hydroxylation is 1. The van der Waals surface area contributed by atoms with Crippen LogP contribution in [0.25, 0.3) is 43.7 Å². The Hall–Kier alpha value is -6.71. The fraction of sp³-hybridized carbons (Fsp3) is 0.0208. The van der Waals surface area contributed by atoms with Crippen LogP contribution >= 0.6 is 0 Å². The van der Waals surface area contributed by atoms with Gasteiger partial charge in [-0.25, -0.2) is 4.98 Å². The number of aromatic nitrogens is 1. The molecule has 51 heavy (non-hydrogen) atoms. The van der Waals surface area contributed by atoms with Gasteiger partial charge in [-0.3, -0.25) is 0 Å². The number of hydrogen-bond donors (Lipinski definition) is 0. The third kappa shape index (κ3) is 5.65. The summed E-state index contributed by atoms with van der Waals surface area (Å²) in [6, 6.07) is 69.0. The number of para-hydroxylation sites is 2. The van der Waals surface area contributed by atoms with Gasteiger partial charge in [0.15, 0.2) is 0 Å². The zero-order chi connectivity index (χ0) is 34.1. The second-order valence-electron chi connectivity index (χ2n) is 12.9. The molecule has 0 amide bonds. The highest BCUT2D eigenvalue weighted by atomic mass is 15.1. The molecule has 242 valence electrons. The van der Waals surface area contributed by atoms with Crippen LogP contribution in [-0.4, -0.2) is 4.98 Å². The van der Waals surface area contributed by atoms with E-state index in [1.54, 1.807) is 0 Å². The van der Waals surface area contributed by atoms with E-state index in [0.717, 1.165) is 56.3 Å². The smallest absolute Gasteiger partial charge is 0.0713 e. The fourth-order valence-electron chi connectivity index (χ4n) is 7.27. The first kappa shape index (κ1) is 30.4. The molecule has 0 aliphatic heterocycles. The van der Waals surface area contributed by atoms with Crippen LogP contribution in [0.2, 0.25) is 0 Å². The molecule has 1 aromatic heterocycles. The van der Waals surface area contributed by atoms with E-state index in [4.69, 9.17) is 4.98 Å². The summed E-state index contributed by atoms with van der Waals surface area (Å²) < 4.78 is 0. The van der Waals surface area contributed by atoms with Crippen molar-refractivity contribution in [1.29, 1.82) is 0 Å². The molecule has 9 rings (SSSR count). The maximum Gasteiger partial charge on any atom is 0.0713 e. The molecule has 1 heterocycles. The number of fused-ring (bicyclic) bond motifs is 3. The molecule has 0 atom stereocenters. The first-order valence-corrected chi connectivity index (χ1v) is 17.4. The number of nitrogens with zero attached hydrogens (tertiary/aromatic N) is 3. The molecule has 0 spiro atoms. The largest absolute Gasteiger partial charge is 0.310 e. The van der Waals surface area contributed by atoms with E-state index in [9.17, 15) is 0 Å². The zero-order valence-electron chi connectivity index (χ0n) is 28.3. The second-order valence-corrected chi connectivity index (χ2v) is 12.9. The van der Waals surface area contributed by atoms with Crippen LogP contribution in [-0.2, 0) is 0 Å². The third-order valence-electron chi connectivity index (χ3n) is 9.72. The Kier molecular flexibility index (Phi) is 7.71. The Balaban J connectivity index is 1.10. The van der Waals surface area contributed by atoms with Crippen molar-refractivity contribution in [2.45, 2.75) is 6.92 Å². The average molecular weight is 654 g/mol. The van der Waals surface area contributed by atoms with Crippen molar-refractivity contribution in [2.24, 2.45) is 0 Å². The van der Waals surface area contributed by atoms with Crippen molar-refractivity contribution in [3.8, 4) is 11.3 Å². The summed E-state index contributed by atoms with van der Waals surface area (Å²) in [7, 11) is 0. The van der Waals surface area contributed by atoms with E-state index in [1.165, 1.54) is 27.1 Å². The lowest BCUT2D eigenvalue weighted by Gasteiger charge is -2.27. The maximum absolute atomic E-state index is 5.20. The Morgan fingerprint density at radius 3 is 1.43 bits per heavy atom. The predicted molar refractivity (Wildman–Crippen MR) is 216 cm³/mol. The molecule has 0 saturated carbocycles. The highest BCUT2D eigenvalue weighted by Crippen LogP contribution is 2.42. The molecule has 3 heteroatoms. The van der Waals surface area contributed by atoms with Gasteiger partial charge in [0.05, 0.1) is 22.6 Å². The molecule has 3 nitrogen and oxygen atoms in total. The fourth-order valence-corrected chi connectivity index (χ4v) is 7.27. The molecule has 0 saturated heterocycles. The van der Waals surface area contributed by atoms with Crippen molar-refractivity contribution >= 4 is 66.6 Å². The molecular weight excluding hydrogens is 619 g/mol. The van der Waals surface area contributed by atoms with Crippen LogP contribution in [0.4, 0.5) is 34.1 Å². The topological polar surface area (TPSA) is 19.4 Å². The first-order valence-electron chi connectivity index (χ1n) is 17.4. The normalized spacial score (nSPS) is 11.2. The van der Waals surface area contributed by atoms with Crippen LogP contribution < -0.4 is 9.80 Å². The van der Waals surface area contributed by atoms with E-state index in [-0.39, 0.29) is 0 Å². The van der Waals surface area contributed by atoms with Gasteiger partial charge in [-0.15, -0.1) is 0 Å². The summed E-state index contributed by atoms with van der Waals surface area (Å²) in [5.41, 5.74) is 10.9. The summed E-state index contributed by atoms with van der Waals surface area (Å²) in [6.45, 7) is 2.19. The zero-order valence-corrected chi connectivity index (χ0v) is 28.3. The number of benzene rings is 8. The van der Waals surface area contributed by atoms with Crippen molar-refractivity contribution in [2.75, 3.05) is 9.80 Å². The van der Waals surface area contributed by atoms with Gasteiger partial charge in [0.2, 0.25) is 0 Å². The van der Waals surface area contributed by atoms with Gasteiger partial charge in [-0.2, -0.15) is 0 Å². The minimum Gasteiger partial charge on any atom is -0.310 e. The molecule has 0 bridgehead atoms. The molecule has 0 aliphatic carbocycles. The standard InChI is InChI=1S/C48H35N3/c1-34-32-46(37-26-28-40(29-27-37)50(38-18-4-2-5-19-38)47-24-12-16-35-14-8-10-22-42(35)47)49-45-31-30-41(33-44(34)45)51(39-20-6-3-7-21-39)48-25-13-17-36-15-9-11-23-43(36)48/h2-33H,1H3. The van der Waals surface area contributed by atoms with Crippen LogP contribution in [0.15, 0.2) is 194 Å². The average Bonchev–Trinajstić information content (AvgIpc) is 3.19. The minimum atomic E-state index is 0.963. The SMILES string of the molecule is Cc1cc(-c2ccc(N(c3ccccc3)c3cccc4ccccc34)cc2)nc2ccc(N(c3ccccc3)c3cccc4ccccc34)cc12. The number of rotatable bonds is 7. The number of pyridine rings is 1. The molecular formula is C48H35N3. The van der Waals surface area contributed by atoms with Gasteiger partial charge in [0.1, 0.15) is 0 Å². The first-order chi connectivity index (χ1) is 25.2. The van der Waals surface area contributed by atoms with E-state index < -0.39 is 0 Å². The summed E-state index contributed by atoms with van der Waals surface area (Å²) in [5, 5.41) is 6.00. The van der Waals surface area contributed by atoms with E-state index in [1.807, 2.05) is 0 Å². The van der Waals surface area contributed by atoms with Crippen LogP contribution in [0.1, 0.15) is 5.56 Å². The van der Waals surface area contributed by atoms with Crippen molar-refractivity contribution in [3.05, 3.63) is 200 Å². The van der Waals surface area contributed by atoms with E-state index >= 15 is 0 Å². The molecule has 9 aromatic rings. The quantitative estimate of drug-likeness (QED) is 0.171. The van der Waals surface area contributed by atoms with E-state index in [2.05, 4.69) is 211 Å². The van der Waals surface area contributed by atoms with Gasteiger partial charge in [0, 0.05) is 44.5 Å². The van der Waals surface area contributed by atoms with Gasteiger partial charge in [-0.05, 0) is 96.1 Å². The van der Waals surface area contributed by atoms with Crippen LogP contribution in [0.5, 0.6) is 0 Å². The van der Waals surface area contributed by atoms with Crippen LogP contribution in [0.3, 0.4) is 0 Å². The number of anilines is 6. The maximum atomic E-state index is 5.20. The Labute approximate surface area is 298 Å². The molecule has 0 fully saturated rings. The molecule has 0 N–H and O–H groups in total. The Morgan fingerprint density at radius 1 is 0.373 bits per heavy atom. The summed E-state index contributed by atoms with van der Waals surface area (Å²) in [4.78, 5) is 9.89. The summed E-state index contributed by atoms with van der Waals surface area (Å²) in [6.07, 6.45) is 0. The monoisotopic (exact) mass is 653 g/mol. The third-order valence-corrected chi connectivity index (χ3v) is 9.72. The van der Waals surface area contributed by atoms with Crippen molar-refractivity contribution in [3.63, 3.8) is 0 Å². The number of hydrogen-bond acceptors (Lipinski definition) is 3. The van der Waals surface area contributed by atoms with E-state index in [0.29, 0.717) is 0 Å². The lowest BCUT2D eigenvalue weighted by atomic mass is 10.0. The molecule has 0 radical (unpaired) electrons. The predicted octanol–water partition coefficient (Wildman–Crippen LogP) is 13.5. The Bertz CT molecular complexity index is 2640.